The molecule has 0 radical (unpaired) electrons. The summed E-state index contributed by atoms with van der Waals surface area (Å²) in [6.07, 6.45) is 3.07. The minimum absolute atomic E-state index is 0.138. The number of nitrogens with one attached hydrogen (secondary N) is 1. The highest BCUT2D eigenvalue weighted by atomic mass is 32.2. The van der Waals surface area contributed by atoms with Crippen molar-refractivity contribution in [1.29, 1.82) is 0 Å². The third kappa shape index (κ3) is 4.82. The third-order valence-corrected chi connectivity index (χ3v) is 6.76. The van der Waals surface area contributed by atoms with E-state index in [2.05, 4.69) is 10.4 Å². The van der Waals surface area contributed by atoms with Crippen LogP contribution in [0.2, 0.25) is 0 Å². The lowest BCUT2D eigenvalue weighted by atomic mass is 10.2. The molecule has 1 N–H and O–H groups in total. The van der Waals surface area contributed by atoms with Crippen LogP contribution >= 0.6 is 0 Å². The molecule has 0 unspecified atom stereocenters. The second-order valence-corrected chi connectivity index (χ2v) is 8.96. The van der Waals surface area contributed by atoms with Crippen molar-refractivity contribution in [2.75, 3.05) is 31.6 Å². The number of morpholine rings is 1. The molecule has 8 nitrogen and oxygen atoms in total. The van der Waals surface area contributed by atoms with Gasteiger partial charge in [0.1, 0.15) is 5.82 Å². The molecule has 1 amide bonds. The number of sulfonamides is 1. The molecule has 4 rings (SSSR count). The number of ether oxygens (including phenoxy) is 1. The van der Waals surface area contributed by atoms with Crippen LogP contribution in [0.3, 0.4) is 0 Å². The average molecular weight is 444 g/mol. The van der Waals surface area contributed by atoms with E-state index in [0.29, 0.717) is 25.4 Å². The predicted octanol–water partition coefficient (Wildman–Crippen LogP) is 2.34. The van der Waals surface area contributed by atoms with E-state index in [-0.39, 0.29) is 23.5 Å². The molecule has 0 saturated carbocycles. The zero-order chi connectivity index (χ0) is 21.8. The molecule has 1 aromatic heterocycles. The molecular weight excluding hydrogens is 423 g/mol. The molecule has 10 heteroatoms. The maximum absolute atomic E-state index is 14.3. The lowest BCUT2D eigenvalue weighted by Crippen LogP contribution is -2.40. The zero-order valence-corrected chi connectivity index (χ0v) is 17.4. The molecule has 3 aromatic rings. The highest BCUT2D eigenvalue weighted by Gasteiger charge is 2.28. The minimum atomic E-state index is -3.85. The first kappa shape index (κ1) is 21.2. The summed E-state index contributed by atoms with van der Waals surface area (Å²) in [5, 5.41) is 6.77. The van der Waals surface area contributed by atoms with Crippen LogP contribution in [0.4, 0.5) is 10.1 Å². The van der Waals surface area contributed by atoms with Crippen LogP contribution in [0.15, 0.2) is 65.8 Å². The Morgan fingerprint density at radius 3 is 2.61 bits per heavy atom. The van der Waals surface area contributed by atoms with Crippen LogP contribution in [0.5, 0.6) is 0 Å². The Labute approximate surface area is 179 Å². The van der Waals surface area contributed by atoms with Crippen molar-refractivity contribution in [2.45, 2.75) is 11.4 Å². The summed E-state index contributed by atoms with van der Waals surface area (Å²) in [6, 6.07) is 12.9. The lowest BCUT2D eigenvalue weighted by Gasteiger charge is -2.26. The van der Waals surface area contributed by atoms with Crippen LogP contribution in [0, 0.1) is 5.82 Å². The maximum Gasteiger partial charge on any atom is 0.258 e. The molecule has 1 fully saturated rings. The smallest absolute Gasteiger partial charge is 0.258 e. The second-order valence-electron chi connectivity index (χ2n) is 7.02. The van der Waals surface area contributed by atoms with Crippen molar-refractivity contribution in [3.05, 3.63) is 77.9 Å². The summed E-state index contributed by atoms with van der Waals surface area (Å²) in [5.74, 6) is -1.56. The predicted molar refractivity (Wildman–Crippen MR) is 112 cm³/mol. The van der Waals surface area contributed by atoms with Gasteiger partial charge in [-0.25, -0.2) is 12.8 Å². The van der Waals surface area contributed by atoms with E-state index in [1.165, 1.54) is 10.5 Å². The monoisotopic (exact) mass is 444 g/mol. The summed E-state index contributed by atoms with van der Waals surface area (Å²) in [6.45, 7) is 1.52. The van der Waals surface area contributed by atoms with Gasteiger partial charge in [0, 0.05) is 19.3 Å². The van der Waals surface area contributed by atoms with Crippen molar-refractivity contribution in [2.24, 2.45) is 0 Å². The van der Waals surface area contributed by atoms with Crippen molar-refractivity contribution < 1.29 is 22.3 Å². The van der Waals surface area contributed by atoms with Gasteiger partial charge in [0.25, 0.3) is 5.91 Å². The fourth-order valence-electron chi connectivity index (χ4n) is 3.26. The molecule has 0 spiro atoms. The molecule has 162 valence electrons. The number of hydrogen-bond acceptors (Lipinski definition) is 5. The quantitative estimate of drug-likeness (QED) is 0.630. The zero-order valence-electron chi connectivity index (χ0n) is 16.6. The number of benzene rings is 2. The first-order valence-electron chi connectivity index (χ1n) is 9.69. The van der Waals surface area contributed by atoms with E-state index in [1.54, 1.807) is 10.9 Å². The third-order valence-electron chi connectivity index (χ3n) is 4.87. The Morgan fingerprint density at radius 2 is 1.87 bits per heavy atom. The van der Waals surface area contributed by atoms with Crippen LogP contribution < -0.4 is 5.32 Å². The number of hydrogen-bond donors (Lipinski definition) is 1. The number of carbonyl (C=O) groups excluding carboxylic acids is 1. The maximum atomic E-state index is 14.3. The van der Waals surface area contributed by atoms with E-state index in [0.717, 1.165) is 23.8 Å². The molecule has 1 aliphatic heterocycles. The number of halogens is 1. The van der Waals surface area contributed by atoms with Gasteiger partial charge in [-0.1, -0.05) is 30.3 Å². The number of carbonyl (C=O) groups is 1. The average Bonchev–Trinajstić information content (AvgIpc) is 3.21. The molecule has 2 heterocycles. The fraction of sp³-hybridized carbons (Fsp3) is 0.238. The first-order chi connectivity index (χ1) is 14.9. The Balaban J connectivity index is 1.50. The number of amides is 1. The largest absolute Gasteiger partial charge is 0.379 e. The summed E-state index contributed by atoms with van der Waals surface area (Å²) >= 11 is 0. The van der Waals surface area contributed by atoms with Gasteiger partial charge >= 0.3 is 0 Å². The minimum Gasteiger partial charge on any atom is -0.379 e. The van der Waals surface area contributed by atoms with Crippen LogP contribution in [-0.4, -0.2) is 54.7 Å². The summed E-state index contributed by atoms with van der Waals surface area (Å²) < 4.78 is 48.0. The van der Waals surface area contributed by atoms with Crippen molar-refractivity contribution in [1.82, 2.24) is 14.1 Å². The Morgan fingerprint density at radius 1 is 1.13 bits per heavy atom. The molecule has 0 atom stereocenters. The van der Waals surface area contributed by atoms with E-state index < -0.39 is 21.7 Å². The lowest BCUT2D eigenvalue weighted by molar-refractivity contribution is 0.0730. The fourth-order valence-corrected chi connectivity index (χ4v) is 4.69. The van der Waals surface area contributed by atoms with E-state index in [1.807, 2.05) is 30.3 Å². The molecule has 1 saturated heterocycles. The molecule has 0 aliphatic carbocycles. The van der Waals surface area contributed by atoms with Gasteiger partial charge in [-0.15, -0.1) is 0 Å². The second kappa shape index (κ2) is 8.96. The van der Waals surface area contributed by atoms with Gasteiger partial charge in [-0.05, 0) is 23.8 Å². The summed E-state index contributed by atoms with van der Waals surface area (Å²) in [5.41, 5.74) is 1.06. The molecule has 0 bridgehead atoms. The molecular formula is C21H21FN4O4S. The van der Waals surface area contributed by atoms with Crippen LogP contribution in [-0.2, 0) is 21.3 Å². The van der Waals surface area contributed by atoms with Gasteiger partial charge in [0.05, 0.1) is 42.1 Å². The topological polar surface area (TPSA) is 93.5 Å². The highest BCUT2D eigenvalue weighted by Crippen LogP contribution is 2.21. The van der Waals surface area contributed by atoms with Gasteiger partial charge in [-0.2, -0.15) is 9.40 Å². The van der Waals surface area contributed by atoms with Gasteiger partial charge < -0.3 is 10.1 Å². The number of rotatable bonds is 6. The van der Waals surface area contributed by atoms with Crippen LogP contribution in [0.1, 0.15) is 15.9 Å². The summed E-state index contributed by atoms with van der Waals surface area (Å²) in [4.78, 5) is 12.5. The standard InChI is InChI=1S/C21H21FN4O4S/c22-20-7-6-18(31(28,29)26-8-10-30-11-9-26)12-19(20)21(27)24-17-13-23-25(15-17)14-16-4-2-1-3-5-16/h1-7,12-13,15H,8-11,14H2,(H,24,27). The van der Waals surface area contributed by atoms with Gasteiger partial charge in [0.15, 0.2) is 0 Å². The Bertz CT molecular complexity index is 1180. The highest BCUT2D eigenvalue weighted by molar-refractivity contribution is 7.89. The van der Waals surface area contributed by atoms with Crippen molar-refractivity contribution >= 4 is 21.6 Å². The molecule has 2 aromatic carbocycles. The Kier molecular flexibility index (Phi) is 6.12. The number of aromatic nitrogens is 2. The number of nitrogens with zero attached hydrogens (tertiary/aromatic N) is 3. The SMILES string of the molecule is O=C(Nc1cnn(Cc2ccccc2)c1)c1cc(S(=O)(=O)N2CCOCC2)ccc1F. The van der Waals surface area contributed by atoms with Gasteiger partial charge in [-0.3, -0.25) is 9.48 Å². The van der Waals surface area contributed by atoms with Gasteiger partial charge in [0.2, 0.25) is 10.0 Å². The Hall–Kier alpha value is -3.08. The summed E-state index contributed by atoms with van der Waals surface area (Å²) in [7, 11) is -3.85. The molecule has 1 aliphatic rings. The van der Waals surface area contributed by atoms with E-state index in [9.17, 15) is 17.6 Å². The van der Waals surface area contributed by atoms with E-state index in [4.69, 9.17) is 4.74 Å². The molecule has 31 heavy (non-hydrogen) atoms. The number of anilines is 1. The normalized spacial score (nSPS) is 15.0. The first-order valence-corrected chi connectivity index (χ1v) is 11.1. The van der Waals surface area contributed by atoms with Crippen molar-refractivity contribution in [3.8, 4) is 0 Å². The van der Waals surface area contributed by atoms with Crippen molar-refractivity contribution in [3.63, 3.8) is 0 Å². The van der Waals surface area contributed by atoms with E-state index >= 15 is 0 Å². The van der Waals surface area contributed by atoms with Crippen LogP contribution in [0.25, 0.3) is 0 Å².